The van der Waals surface area contributed by atoms with Crippen LogP contribution in [0.5, 0.6) is 0 Å². The van der Waals surface area contributed by atoms with E-state index in [-0.39, 0.29) is 12.0 Å². The van der Waals surface area contributed by atoms with Gasteiger partial charge in [0.1, 0.15) is 11.3 Å². The van der Waals surface area contributed by atoms with Gasteiger partial charge in [-0.3, -0.25) is 9.20 Å². The first-order valence-corrected chi connectivity index (χ1v) is 8.15. The second kappa shape index (κ2) is 6.86. The van der Waals surface area contributed by atoms with Crippen LogP contribution in [0.15, 0.2) is 18.3 Å². The normalized spacial score (nSPS) is 19.2. The van der Waals surface area contributed by atoms with Crippen LogP contribution in [0.3, 0.4) is 0 Å². The van der Waals surface area contributed by atoms with Gasteiger partial charge in [-0.05, 0) is 32.5 Å². The lowest BCUT2D eigenvalue weighted by Crippen LogP contribution is -2.41. The summed E-state index contributed by atoms with van der Waals surface area (Å²) in [5, 5.41) is 3.53. The molecule has 0 radical (unpaired) electrons. The van der Waals surface area contributed by atoms with Crippen LogP contribution in [0.4, 0.5) is 0 Å². The molecule has 3 rings (SSSR count). The lowest BCUT2D eigenvalue weighted by Gasteiger charge is -2.30. The molecule has 2 aromatic heterocycles. The van der Waals surface area contributed by atoms with Gasteiger partial charge in [0.15, 0.2) is 0 Å². The zero-order chi connectivity index (χ0) is 16.4. The number of carbonyl (C=O) groups excluding carboxylic acids is 1. The van der Waals surface area contributed by atoms with Gasteiger partial charge in [0.05, 0.1) is 23.4 Å². The first-order valence-electron chi connectivity index (χ1n) is 7.77. The molecule has 0 unspecified atom stereocenters. The highest BCUT2D eigenvalue weighted by atomic mass is 35.5. The predicted octanol–water partition coefficient (Wildman–Crippen LogP) is 1.75. The number of halogens is 1. The van der Waals surface area contributed by atoms with Crippen molar-refractivity contribution in [1.82, 2.24) is 19.6 Å². The third kappa shape index (κ3) is 3.65. The fourth-order valence-corrected chi connectivity index (χ4v) is 3.04. The van der Waals surface area contributed by atoms with Gasteiger partial charge in [0.25, 0.3) is 5.91 Å². The Hall–Kier alpha value is -1.63. The lowest BCUT2D eigenvalue weighted by atomic mass is 10.2. The van der Waals surface area contributed by atoms with E-state index in [0.29, 0.717) is 28.6 Å². The maximum absolute atomic E-state index is 12.5. The van der Waals surface area contributed by atoms with E-state index in [2.05, 4.69) is 22.2 Å². The minimum atomic E-state index is -0.138. The summed E-state index contributed by atoms with van der Waals surface area (Å²) in [6.45, 7) is 5.02. The summed E-state index contributed by atoms with van der Waals surface area (Å²) in [5.41, 5.74) is 1.94. The second-order valence-electron chi connectivity index (χ2n) is 5.92. The van der Waals surface area contributed by atoms with Gasteiger partial charge in [0.2, 0.25) is 0 Å². The number of hydrogen-bond donors (Lipinski definition) is 1. The quantitative estimate of drug-likeness (QED) is 0.924. The maximum atomic E-state index is 12.5. The number of likely N-dealkylation sites (N-methyl/N-ethyl adjacent to an activating group) is 1. The summed E-state index contributed by atoms with van der Waals surface area (Å²) in [6.07, 6.45) is 2.68. The number of aromatic nitrogens is 2. The van der Waals surface area contributed by atoms with Crippen molar-refractivity contribution < 1.29 is 9.53 Å². The van der Waals surface area contributed by atoms with Crippen molar-refractivity contribution in [3.8, 4) is 0 Å². The fraction of sp³-hybridized carbons (Fsp3) is 0.500. The Kier molecular flexibility index (Phi) is 4.84. The van der Waals surface area contributed by atoms with Crippen LogP contribution in [-0.4, -0.2) is 59.6 Å². The van der Waals surface area contributed by atoms with E-state index < -0.39 is 0 Å². The van der Waals surface area contributed by atoms with Gasteiger partial charge in [-0.25, -0.2) is 4.98 Å². The molecule has 1 amide bonds. The van der Waals surface area contributed by atoms with Crippen LogP contribution >= 0.6 is 11.6 Å². The molecule has 0 spiro atoms. The smallest absolute Gasteiger partial charge is 0.270 e. The van der Waals surface area contributed by atoms with Gasteiger partial charge >= 0.3 is 0 Å². The Morgan fingerprint density at radius 1 is 1.52 bits per heavy atom. The molecule has 0 aromatic carbocycles. The van der Waals surface area contributed by atoms with E-state index in [1.165, 1.54) is 0 Å². The van der Waals surface area contributed by atoms with Crippen molar-refractivity contribution >= 4 is 23.2 Å². The molecular weight excluding hydrogens is 316 g/mol. The number of nitrogens with one attached hydrogen (secondary N) is 1. The van der Waals surface area contributed by atoms with Gasteiger partial charge in [-0.2, -0.15) is 0 Å². The number of pyridine rings is 1. The van der Waals surface area contributed by atoms with E-state index in [1.54, 1.807) is 22.7 Å². The van der Waals surface area contributed by atoms with E-state index >= 15 is 0 Å². The number of hydrogen-bond acceptors (Lipinski definition) is 4. The lowest BCUT2D eigenvalue weighted by molar-refractivity contribution is -0.0226. The molecule has 1 aliphatic rings. The monoisotopic (exact) mass is 336 g/mol. The van der Waals surface area contributed by atoms with Crippen LogP contribution in [-0.2, 0) is 4.74 Å². The largest absolute Gasteiger partial charge is 0.375 e. The highest BCUT2D eigenvalue weighted by Gasteiger charge is 2.19. The Morgan fingerprint density at radius 3 is 3.13 bits per heavy atom. The molecule has 7 heteroatoms. The highest BCUT2D eigenvalue weighted by Crippen LogP contribution is 2.16. The molecule has 23 heavy (non-hydrogen) atoms. The number of morpholine rings is 1. The summed E-state index contributed by atoms with van der Waals surface area (Å²) in [4.78, 5) is 19.1. The molecule has 1 aliphatic heterocycles. The number of aryl methyl sites for hydroxylation is 1. The summed E-state index contributed by atoms with van der Waals surface area (Å²) in [5.74, 6) is -0.138. The minimum absolute atomic E-state index is 0.138. The zero-order valence-electron chi connectivity index (χ0n) is 13.4. The Bertz CT molecular complexity index is 715. The maximum Gasteiger partial charge on any atom is 0.270 e. The number of carbonyl (C=O) groups is 1. The molecule has 1 N–H and O–H groups in total. The van der Waals surface area contributed by atoms with Crippen molar-refractivity contribution in [1.29, 1.82) is 0 Å². The number of fused-ring (bicyclic) bond motifs is 1. The van der Waals surface area contributed by atoms with Gasteiger partial charge in [-0.1, -0.05) is 11.6 Å². The molecule has 124 valence electrons. The standard InChI is InChI=1S/C16H21ClN4O2/c1-11-15(21-9-12(17)3-4-14(21)19-11)16(22)18-6-5-13-10-20(2)7-8-23-13/h3-4,9,13H,5-8,10H2,1-2H3,(H,18,22)/t13-/m0/s1. The number of nitrogens with zero attached hydrogens (tertiary/aromatic N) is 3. The van der Waals surface area contributed by atoms with Crippen molar-refractivity contribution in [3.63, 3.8) is 0 Å². The average molecular weight is 337 g/mol. The van der Waals surface area contributed by atoms with Gasteiger partial charge in [0, 0.05) is 25.8 Å². The van der Waals surface area contributed by atoms with Crippen molar-refractivity contribution in [2.75, 3.05) is 33.3 Å². The highest BCUT2D eigenvalue weighted by molar-refractivity contribution is 6.30. The second-order valence-corrected chi connectivity index (χ2v) is 6.36. The average Bonchev–Trinajstić information content (AvgIpc) is 2.82. The predicted molar refractivity (Wildman–Crippen MR) is 89.1 cm³/mol. The third-order valence-electron chi connectivity index (χ3n) is 4.07. The van der Waals surface area contributed by atoms with E-state index in [4.69, 9.17) is 16.3 Å². The minimum Gasteiger partial charge on any atom is -0.375 e. The molecular formula is C16H21ClN4O2. The summed E-state index contributed by atoms with van der Waals surface area (Å²) in [6, 6.07) is 3.57. The van der Waals surface area contributed by atoms with Crippen LogP contribution in [0.1, 0.15) is 22.6 Å². The first-order chi connectivity index (χ1) is 11.0. The molecule has 3 heterocycles. The number of rotatable bonds is 4. The van der Waals surface area contributed by atoms with Crippen LogP contribution in [0.25, 0.3) is 5.65 Å². The number of amides is 1. The van der Waals surface area contributed by atoms with Crippen LogP contribution in [0.2, 0.25) is 5.02 Å². The number of ether oxygens (including phenoxy) is 1. The van der Waals surface area contributed by atoms with Crippen molar-refractivity contribution in [2.24, 2.45) is 0 Å². The summed E-state index contributed by atoms with van der Waals surface area (Å²) >= 11 is 6.02. The SMILES string of the molecule is Cc1nc2ccc(Cl)cn2c1C(=O)NCC[C@H]1CN(C)CCO1. The number of imidazole rings is 1. The van der Waals surface area contributed by atoms with Gasteiger partial charge < -0.3 is 15.0 Å². The molecule has 1 saturated heterocycles. The summed E-state index contributed by atoms with van der Waals surface area (Å²) < 4.78 is 7.44. The van der Waals surface area contributed by atoms with E-state index in [9.17, 15) is 4.79 Å². The molecule has 6 nitrogen and oxygen atoms in total. The van der Waals surface area contributed by atoms with E-state index in [1.807, 2.05) is 6.92 Å². The van der Waals surface area contributed by atoms with Gasteiger partial charge in [-0.15, -0.1) is 0 Å². The molecule has 0 saturated carbocycles. The molecule has 2 aromatic rings. The Balaban J connectivity index is 1.64. The Labute approximate surface area is 140 Å². The topological polar surface area (TPSA) is 58.9 Å². The molecule has 1 atom stereocenters. The fourth-order valence-electron chi connectivity index (χ4n) is 2.88. The summed E-state index contributed by atoms with van der Waals surface area (Å²) in [7, 11) is 2.08. The van der Waals surface area contributed by atoms with Crippen molar-refractivity contribution in [2.45, 2.75) is 19.4 Å². The molecule has 0 bridgehead atoms. The first kappa shape index (κ1) is 16.2. The van der Waals surface area contributed by atoms with Crippen LogP contribution in [0, 0.1) is 6.92 Å². The molecule has 0 aliphatic carbocycles. The van der Waals surface area contributed by atoms with Crippen molar-refractivity contribution in [3.05, 3.63) is 34.7 Å². The third-order valence-corrected chi connectivity index (χ3v) is 4.29. The Morgan fingerprint density at radius 2 is 2.35 bits per heavy atom. The van der Waals surface area contributed by atoms with Crippen LogP contribution < -0.4 is 5.32 Å². The van der Waals surface area contributed by atoms with E-state index in [0.717, 1.165) is 26.1 Å². The molecule has 1 fully saturated rings. The zero-order valence-corrected chi connectivity index (χ0v) is 14.1.